The van der Waals surface area contributed by atoms with E-state index in [1.54, 1.807) is 6.08 Å². The summed E-state index contributed by atoms with van der Waals surface area (Å²) in [6.07, 6.45) is -10.1. The number of Topliss-reactive ketones (excluding diaryl/α,β-unsaturated/α-hetero) is 1. The number of carboxylic acid groups (broad SMARTS) is 1. The average molecular weight is 1600 g/mol. The lowest BCUT2D eigenvalue weighted by atomic mass is 9.86. The molecule has 5 aliphatic rings. The number of ether oxygens (including phenoxy) is 10. The number of amides is 2. The van der Waals surface area contributed by atoms with Gasteiger partial charge in [-0.3, -0.25) is 9.59 Å². The Kier molecular flexibility index (Phi) is 46.9. The van der Waals surface area contributed by atoms with Crippen molar-refractivity contribution in [3.05, 3.63) is 24.3 Å². The molecular formula is C78H138N2O31. The fourth-order valence-electron chi connectivity index (χ4n) is 15.0. The zero-order chi connectivity index (χ0) is 81.6. The van der Waals surface area contributed by atoms with Crippen LogP contribution in [0.5, 0.6) is 0 Å². The predicted molar refractivity (Wildman–Crippen MR) is 398 cm³/mol. The number of carboxylic acids is 1. The van der Waals surface area contributed by atoms with E-state index in [-0.39, 0.29) is 12.3 Å². The van der Waals surface area contributed by atoms with E-state index in [2.05, 4.69) is 36.6 Å². The Bertz CT molecular complexity index is 2620. The molecule has 5 fully saturated rings. The van der Waals surface area contributed by atoms with Crippen molar-refractivity contribution < 1.29 is 153 Å². The van der Waals surface area contributed by atoms with Gasteiger partial charge in [0.25, 0.3) is 5.79 Å². The average Bonchev–Trinajstić information content (AvgIpc) is 0.748. The maximum atomic E-state index is 13.8. The molecule has 0 radical (unpaired) electrons. The van der Waals surface area contributed by atoms with E-state index in [0.29, 0.717) is 12.8 Å². The lowest BCUT2D eigenvalue weighted by molar-refractivity contribution is -0.406. The Morgan fingerprint density at radius 2 is 0.946 bits per heavy atom. The zero-order valence-corrected chi connectivity index (χ0v) is 65.6. The Balaban J connectivity index is 1.36. The first kappa shape index (κ1) is 98.1. The minimum absolute atomic E-state index is 0.132. The summed E-state index contributed by atoms with van der Waals surface area (Å²) in [7, 11) is 0. The summed E-state index contributed by atoms with van der Waals surface area (Å²) in [6, 6.07) is -2.90. The molecule has 646 valence electrons. The van der Waals surface area contributed by atoms with Gasteiger partial charge in [-0.1, -0.05) is 179 Å². The van der Waals surface area contributed by atoms with Gasteiger partial charge in [0.1, 0.15) is 110 Å². The fraction of sp³-hybridized carbons (Fsp3) is 0.897. The van der Waals surface area contributed by atoms with Crippen molar-refractivity contribution in [1.82, 2.24) is 10.6 Å². The minimum atomic E-state index is -3.37. The van der Waals surface area contributed by atoms with Gasteiger partial charge in [-0.25, -0.2) is 4.79 Å². The van der Waals surface area contributed by atoms with Crippen molar-refractivity contribution in [3.63, 3.8) is 0 Å². The third kappa shape index (κ3) is 31.4. The van der Waals surface area contributed by atoms with Crippen LogP contribution >= 0.6 is 0 Å². The monoisotopic (exact) mass is 1600 g/mol. The SMILES string of the molecule is CCCCCCCCC=CCCCCCCCCCCCC(=O)NC(COC1OC(CO)C(OC2OC(CO)C(OC3OC(CO)C(O)C(OC4OC(CO)C(O)C(O)C4O)C3CC(C)=O)C(OC3(C(=O)O)CC(O)C(NC(C)=O)C(C(O)C(O)CO)O3)C2O)C(O)C1O)C(O)C=CCCCCCCCCCCCCC. The highest BCUT2D eigenvalue weighted by Crippen LogP contribution is 2.43. The molecule has 0 aromatic rings. The molecular weight excluding hydrogens is 1460 g/mol. The molecule has 0 aromatic heterocycles. The number of rotatable bonds is 56. The smallest absolute Gasteiger partial charge is 0.364 e. The molecule has 33 heteroatoms. The van der Waals surface area contributed by atoms with Gasteiger partial charge >= 0.3 is 5.97 Å². The largest absolute Gasteiger partial charge is 0.477 e. The lowest BCUT2D eigenvalue weighted by Gasteiger charge is -2.52. The van der Waals surface area contributed by atoms with Crippen molar-refractivity contribution in [1.29, 1.82) is 0 Å². The van der Waals surface area contributed by atoms with Crippen LogP contribution < -0.4 is 10.6 Å². The molecule has 19 N–H and O–H groups in total. The molecule has 111 heavy (non-hydrogen) atoms. The molecule has 0 saturated carbocycles. The van der Waals surface area contributed by atoms with Crippen molar-refractivity contribution in [2.45, 2.75) is 398 Å². The van der Waals surface area contributed by atoms with Gasteiger partial charge in [0.2, 0.25) is 11.8 Å². The van der Waals surface area contributed by atoms with E-state index >= 15 is 0 Å². The van der Waals surface area contributed by atoms with Crippen molar-refractivity contribution in [2.75, 3.05) is 39.6 Å². The van der Waals surface area contributed by atoms with Gasteiger partial charge in [-0.15, -0.1) is 0 Å². The standard InChI is InChI=1S/C78H138N2O31/c1-5-7-9-11-13-15-17-19-20-21-22-23-24-26-28-30-32-34-36-38-58(91)80-50(51(88)37-35-33-31-29-27-25-18-16-14-12-10-8-6-2)46-102-74-66(98)64(96)69(56(44-84)105-74)108-76-67(99)72(111-78(77(100)101)40-52(89)59(79-48(4)87)71(110-78)60(92)53(90)41-81)70(57(45-85)106-76)109-73-49(39-47(3)86)68(62(94)55(43-83)103-73)107-75-65(97)63(95)61(93)54(42-82)104-75/h19-20,35,37,49-57,59-76,81-85,88-90,92-99H,5-18,21-34,36,38-46H2,1-4H3,(H,79,87)(H,80,91)(H,100,101). The van der Waals surface area contributed by atoms with Gasteiger partial charge in [-0.2, -0.15) is 0 Å². The molecule has 5 saturated heterocycles. The number of aliphatic hydroxyl groups is 16. The number of aliphatic carboxylic acids is 1. The first-order chi connectivity index (χ1) is 53.3. The normalized spacial score (nSPS) is 33.9. The van der Waals surface area contributed by atoms with Crippen LogP contribution in [-0.4, -0.2) is 315 Å². The van der Waals surface area contributed by atoms with Crippen molar-refractivity contribution in [3.8, 4) is 0 Å². The predicted octanol–water partition coefficient (Wildman–Crippen LogP) is 1.38. The first-order valence-electron chi connectivity index (χ1n) is 41.0. The number of hydrogen-bond acceptors (Lipinski definition) is 30. The third-order valence-corrected chi connectivity index (χ3v) is 21.5. The van der Waals surface area contributed by atoms with Crippen LogP contribution in [0.1, 0.15) is 233 Å². The number of nitrogens with one attached hydrogen (secondary N) is 2. The molecule has 0 aliphatic carbocycles. The number of ketones is 1. The van der Waals surface area contributed by atoms with Gasteiger partial charge in [-0.05, 0) is 51.9 Å². The summed E-state index contributed by atoms with van der Waals surface area (Å²) in [5.41, 5.74) is 0. The van der Waals surface area contributed by atoms with E-state index in [4.69, 9.17) is 47.4 Å². The maximum absolute atomic E-state index is 13.8. The summed E-state index contributed by atoms with van der Waals surface area (Å²) in [4.78, 5) is 53.2. The second-order valence-corrected chi connectivity index (χ2v) is 30.7. The highest BCUT2D eigenvalue weighted by Gasteiger charge is 2.62. The van der Waals surface area contributed by atoms with Crippen LogP contribution in [0.15, 0.2) is 24.3 Å². The van der Waals surface area contributed by atoms with Crippen LogP contribution in [-0.2, 0) is 66.5 Å². The van der Waals surface area contributed by atoms with Gasteiger partial charge in [0, 0.05) is 32.1 Å². The molecule has 28 unspecified atom stereocenters. The Hall–Kier alpha value is -3.48. The molecule has 0 bridgehead atoms. The highest BCUT2D eigenvalue weighted by molar-refractivity contribution is 5.77. The van der Waals surface area contributed by atoms with Gasteiger partial charge < -0.3 is 150 Å². The minimum Gasteiger partial charge on any atom is -0.477 e. The molecule has 2 amide bonds. The fourth-order valence-corrected chi connectivity index (χ4v) is 15.0. The number of carbonyl (C=O) groups is 4. The van der Waals surface area contributed by atoms with Crippen LogP contribution in [0.2, 0.25) is 0 Å². The van der Waals surface area contributed by atoms with E-state index < -0.39 is 241 Å². The third-order valence-electron chi connectivity index (χ3n) is 21.5. The van der Waals surface area contributed by atoms with Crippen LogP contribution in [0.25, 0.3) is 0 Å². The molecule has 33 nitrogen and oxygen atoms in total. The molecule has 5 rings (SSSR count). The van der Waals surface area contributed by atoms with Crippen molar-refractivity contribution >= 4 is 23.6 Å². The summed E-state index contributed by atoms with van der Waals surface area (Å²) >= 11 is 0. The topological polar surface area (TPSA) is 529 Å². The van der Waals surface area contributed by atoms with Crippen LogP contribution in [0, 0.1) is 5.92 Å². The quantitative estimate of drug-likeness (QED) is 0.0302. The molecule has 0 aromatic carbocycles. The second kappa shape index (κ2) is 53.1. The van der Waals surface area contributed by atoms with E-state index in [1.165, 1.54) is 103 Å². The molecule has 5 heterocycles. The number of carbonyl (C=O) groups excluding carboxylic acids is 3. The summed E-state index contributed by atoms with van der Waals surface area (Å²) in [5.74, 6) is -9.08. The first-order valence-corrected chi connectivity index (χ1v) is 41.0. The maximum Gasteiger partial charge on any atom is 0.364 e. The van der Waals surface area contributed by atoms with Crippen LogP contribution in [0.3, 0.4) is 0 Å². The lowest BCUT2D eigenvalue weighted by Crippen LogP contribution is -2.71. The zero-order valence-electron chi connectivity index (χ0n) is 65.6. The van der Waals surface area contributed by atoms with E-state index in [1.807, 2.05) is 6.08 Å². The van der Waals surface area contributed by atoms with Crippen molar-refractivity contribution in [2.24, 2.45) is 5.92 Å². The Labute approximate surface area is 653 Å². The van der Waals surface area contributed by atoms with Gasteiger partial charge in [0.05, 0.1) is 70.0 Å². The number of allylic oxidation sites excluding steroid dienone is 3. The number of hydrogen-bond donors (Lipinski definition) is 19. The Morgan fingerprint density at radius 3 is 1.46 bits per heavy atom. The summed E-state index contributed by atoms with van der Waals surface area (Å²) in [5, 5.41) is 195. The Morgan fingerprint density at radius 1 is 0.495 bits per heavy atom. The van der Waals surface area contributed by atoms with Crippen LogP contribution in [0.4, 0.5) is 0 Å². The number of aliphatic hydroxyl groups excluding tert-OH is 16. The second-order valence-electron chi connectivity index (χ2n) is 30.7. The highest BCUT2D eigenvalue weighted by atomic mass is 16.8. The molecule has 28 atom stereocenters. The van der Waals surface area contributed by atoms with Gasteiger partial charge in [0.15, 0.2) is 25.2 Å². The van der Waals surface area contributed by atoms with E-state index in [0.717, 1.165) is 84.5 Å². The summed E-state index contributed by atoms with van der Waals surface area (Å²) in [6.45, 7) is 0.520. The van der Waals surface area contributed by atoms with E-state index in [9.17, 15) is 106 Å². The molecule has 5 aliphatic heterocycles. The molecule has 0 spiro atoms. The summed E-state index contributed by atoms with van der Waals surface area (Å²) < 4.78 is 60.4. The number of unbranched alkanes of at least 4 members (excludes halogenated alkanes) is 26.